The van der Waals surface area contributed by atoms with Crippen molar-refractivity contribution in [1.29, 1.82) is 0 Å². The minimum atomic E-state index is -1.15. The van der Waals surface area contributed by atoms with Crippen LogP contribution in [-0.4, -0.2) is 35.5 Å². The number of hydrogen-bond donors (Lipinski definition) is 2. The van der Waals surface area contributed by atoms with Crippen LogP contribution in [0, 0.1) is 23.3 Å². The molecule has 2 aliphatic heterocycles. The number of ether oxygens (including phenoxy) is 1. The summed E-state index contributed by atoms with van der Waals surface area (Å²) in [5.74, 6) is -4.19. The molecule has 0 unspecified atom stereocenters. The summed E-state index contributed by atoms with van der Waals surface area (Å²) in [6.45, 7) is 0.0910. The van der Waals surface area contributed by atoms with E-state index in [9.17, 15) is 27.2 Å². The van der Waals surface area contributed by atoms with Crippen LogP contribution in [0.2, 0.25) is 0 Å². The van der Waals surface area contributed by atoms with Gasteiger partial charge in [-0.3, -0.25) is 9.59 Å². The number of carbonyl (C=O) groups excluding carboxylic acids is 1. The van der Waals surface area contributed by atoms with Gasteiger partial charge in [0.25, 0.3) is 5.56 Å². The van der Waals surface area contributed by atoms with Gasteiger partial charge in [0.2, 0.25) is 5.91 Å². The number of carbonyl (C=O) groups is 1. The highest BCUT2D eigenvalue weighted by atomic mass is 19.2. The zero-order valence-electron chi connectivity index (χ0n) is 16.8. The summed E-state index contributed by atoms with van der Waals surface area (Å²) in [6, 6.07) is 2.09. The fourth-order valence-corrected chi connectivity index (χ4v) is 4.48. The molecule has 0 saturated carbocycles. The lowest BCUT2D eigenvalue weighted by Gasteiger charge is -2.35. The van der Waals surface area contributed by atoms with E-state index in [2.05, 4.69) is 10.3 Å². The minimum absolute atomic E-state index is 0.0251. The number of nitrogens with one attached hydrogen (secondary N) is 2. The van der Waals surface area contributed by atoms with Gasteiger partial charge >= 0.3 is 0 Å². The molecule has 3 aromatic rings. The van der Waals surface area contributed by atoms with E-state index >= 15 is 0 Å². The molecule has 166 valence electrons. The summed E-state index contributed by atoms with van der Waals surface area (Å²) in [6.07, 6.45) is 0.0251. The van der Waals surface area contributed by atoms with Gasteiger partial charge in [-0.2, -0.15) is 0 Å². The first-order chi connectivity index (χ1) is 15.2. The quantitative estimate of drug-likeness (QED) is 0.592. The van der Waals surface area contributed by atoms with Crippen LogP contribution in [0.15, 0.2) is 29.1 Å². The standard InChI is InChI=1S/C22H17F4N3O3/c1-29(22(31)17-6-12-13(24)2-9(23)3-16(12)27-17)19-8-32-7-18-20(19)10-4-14(25)15(26)5-11(10)21(30)28-18/h2-5,17,19,27H,6-8H2,1H3,(H,28,30)/t17-,19-/m0/s1. The molecule has 0 bridgehead atoms. The maximum Gasteiger partial charge on any atom is 0.256 e. The van der Waals surface area contributed by atoms with Crippen LogP contribution in [-0.2, 0) is 22.6 Å². The van der Waals surface area contributed by atoms with E-state index in [-0.39, 0.29) is 41.7 Å². The third-order valence-electron chi connectivity index (χ3n) is 6.05. The molecule has 6 nitrogen and oxygen atoms in total. The van der Waals surface area contributed by atoms with Crippen molar-refractivity contribution in [2.45, 2.75) is 25.1 Å². The van der Waals surface area contributed by atoms with Crippen LogP contribution in [0.1, 0.15) is 22.9 Å². The largest absolute Gasteiger partial charge is 0.373 e. The molecule has 0 spiro atoms. The number of pyridine rings is 1. The highest BCUT2D eigenvalue weighted by molar-refractivity contribution is 5.90. The van der Waals surface area contributed by atoms with Gasteiger partial charge in [0.15, 0.2) is 11.6 Å². The molecule has 3 heterocycles. The van der Waals surface area contributed by atoms with Gasteiger partial charge < -0.3 is 19.9 Å². The molecule has 5 rings (SSSR count). The maximum atomic E-state index is 14.1. The molecule has 0 radical (unpaired) electrons. The van der Waals surface area contributed by atoms with Crippen molar-refractivity contribution < 1.29 is 27.1 Å². The number of aromatic nitrogens is 1. The van der Waals surface area contributed by atoms with E-state index in [0.29, 0.717) is 11.3 Å². The molecule has 32 heavy (non-hydrogen) atoms. The number of benzene rings is 2. The van der Waals surface area contributed by atoms with Crippen molar-refractivity contribution in [2.75, 3.05) is 19.0 Å². The average molecular weight is 447 g/mol. The molecular formula is C22H17F4N3O3. The zero-order valence-corrected chi connectivity index (χ0v) is 16.8. The summed E-state index contributed by atoms with van der Waals surface area (Å²) in [7, 11) is 1.50. The SMILES string of the molecule is CN(C(=O)[C@@H]1Cc2c(F)cc(F)cc2N1)[C@H]1COCc2[nH]c(=O)c3cc(F)c(F)cc3c21. The Morgan fingerprint density at radius 2 is 1.78 bits per heavy atom. The Labute approximate surface area is 178 Å². The second-order valence-corrected chi connectivity index (χ2v) is 7.95. The third kappa shape index (κ3) is 3.13. The highest BCUT2D eigenvalue weighted by Gasteiger charge is 2.36. The molecule has 10 heteroatoms. The topological polar surface area (TPSA) is 74.4 Å². The van der Waals surface area contributed by atoms with Crippen molar-refractivity contribution >= 4 is 22.4 Å². The average Bonchev–Trinajstić information content (AvgIpc) is 3.18. The van der Waals surface area contributed by atoms with Gasteiger partial charge in [-0.15, -0.1) is 0 Å². The van der Waals surface area contributed by atoms with Gasteiger partial charge in [-0.1, -0.05) is 0 Å². The van der Waals surface area contributed by atoms with Crippen LogP contribution in [0.4, 0.5) is 23.2 Å². The molecule has 0 fully saturated rings. The lowest BCUT2D eigenvalue weighted by atomic mass is 9.95. The molecule has 2 aliphatic rings. The van der Waals surface area contributed by atoms with Gasteiger partial charge in [0, 0.05) is 42.0 Å². The van der Waals surface area contributed by atoms with Crippen LogP contribution < -0.4 is 10.9 Å². The van der Waals surface area contributed by atoms with E-state index in [1.54, 1.807) is 0 Å². The summed E-state index contributed by atoms with van der Waals surface area (Å²) < 4.78 is 61.0. The predicted octanol–water partition coefficient (Wildman–Crippen LogP) is 3.15. The van der Waals surface area contributed by atoms with E-state index in [4.69, 9.17) is 4.74 Å². The summed E-state index contributed by atoms with van der Waals surface area (Å²) >= 11 is 0. The Morgan fingerprint density at radius 1 is 1.06 bits per heavy atom. The molecule has 2 atom stereocenters. The summed E-state index contributed by atoms with van der Waals surface area (Å²) in [5.41, 5.74) is 0.641. The Balaban J connectivity index is 1.52. The normalized spacial score (nSPS) is 19.4. The lowest BCUT2D eigenvalue weighted by Crippen LogP contribution is -2.44. The molecule has 1 aromatic heterocycles. The number of fused-ring (bicyclic) bond motifs is 4. The Kier molecular flexibility index (Phi) is 4.70. The molecule has 2 aromatic carbocycles. The molecule has 0 saturated heterocycles. The van der Waals surface area contributed by atoms with Crippen LogP contribution in [0.5, 0.6) is 0 Å². The van der Waals surface area contributed by atoms with Crippen molar-refractivity contribution in [1.82, 2.24) is 9.88 Å². The van der Waals surface area contributed by atoms with Gasteiger partial charge in [0.1, 0.15) is 17.7 Å². The van der Waals surface area contributed by atoms with E-state index < -0.39 is 46.8 Å². The summed E-state index contributed by atoms with van der Waals surface area (Å²) in [5, 5.41) is 2.99. The molecule has 0 aliphatic carbocycles. The number of amides is 1. The molecular weight excluding hydrogens is 430 g/mol. The zero-order chi connectivity index (χ0) is 22.7. The second-order valence-electron chi connectivity index (χ2n) is 7.95. The van der Waals surface area contributed by atoms with E-state index in [0.717, 1.165) is 24.3 Å². The number of aromatic amines is 1. The number of likely N-dealkylation sites (N-methyl/N-ethyl adjacent to an activating group) is 1. The van der Waals surface area contributed by atoms with Crippen LogP contribution in [0.3, 0.4) is 0 Å². The van der Waals surface area contributed by atoms with Gasteiger partial charge in [-0.05, 0) is 23.6 Å². The van der Waals surface area contributed by atoms with Crippen molar-refractivity contribution in [3.8, 4) is 0 Å². The first kappa shape index (κ1) is 20.5. The van der Waals surface area contributed by atoms with Gasteiger partial charge in [0.05, 0.1) is 24.6 Å². The fraction of sp³-hybridized carbons (Fsp3) is 0.273. The fourth-order valence-electron chi connectivity index (χ4n) is 4.48. The van der Waals surface area contributed by atoms with Crippen molar-refractivity contribution in [3.05, 3.63) is 74.7 Å². The Bertz CT molecular complexity index is 1340. The Morgan fingerprint density at radius 3 is 2.53 bits per heavy atom. The molecule has 2 N–H and O–H groups in total. The Hall–Kier alpha value is -3.40. The van der Waals surface area contributed by atoms with E-state index in [1.165, 1.54) is 11.9 Å². The predicted molar refractivity (Wildman–Crippen MR) is 107 cm³/mol. The first-order valence-corrected chi connectivity index (χ1v) is 9.87. The highest BCUT2D eigenvalue weighted by Crippen LogP contribution is 2.35. The van der Waals surface area contributed by atoms with Crippen molar-refractivity contribution in [3.63, 3.8) is 0 Å². The number of nitrogens with zero attached hydrogens (tertiary/aromatic N) is 1. The number of rotatable bonds is 2. The minimum Gasteiger partial charge on any atom is -0.373 e. The van der Waals surface area contributed by atoms with Crippen LogP contribution in [0.25, 0.3) is 10.8 Å². The lowest BCUT2D eigenvalue weighted by molar-refractivity contribution is -0.134. The van der Waals surface area contributed by atoms with Crippen LogP contribution >= 0.6 is 0 Å². The molecule has 1 amide bonds. The monoisotopic (exact) mass is 447 g/mol. The first-order valence-electron chi connectivity index (χ1n) is 9.87. The maximum absolute atomic E-state index is 14.1. The number of anilines is 1. The number of halogens is 4. The smallest absolute Gasteiger partial charge is 0.256 e. The van der Waals surface area contributed by atoms with Gasteiger partial charge in [-0.25, -0.2) is 17.6 Å². The number of hydrogen-bond acceptors (Lipinski definition) is 4. The van der Waals surface area contributed by atoms with E-state index in [1.807, 2.05) is 0 Å². The second kappa shape index (κ2) is 7.33. The van der Waals surface area contributed by atoms with Crippen molar-refractivity contribution in [2.24, 2.45) is 0 Å². The third-order valence-corrected chi connectivity index (χ3v) is 6.05. The number of H-pyrrole nitrogens is 1. The summed E-state index contributed by atoms with van der Waals surface area (Å²) in [4.78, 5) is 29.6.